The molecule has 0 aliphatic heterocycles. The largest absolute Gasteiger partial charge is 0.491 e. The van der Waals surface area contributed by atoms with E-state index in [9.17, 15) is 10.2 Å². The molecule has 0 unspecified atom stereocenters. The van der Waals surface area contributed by atoms with Gasteiger partial charge in [0.05, 0.1) is 13.2 Å². The maximum Gasteiger partial charge on any atom is 0.128 e. The van der Waals surface area contributed by atoms with E-state index in [-0.39, 0.29) is 26.4 Å². The highest BCUT2D eigenvalue weighted by Gasteiger charge is 2.19. The molecule has 0 saturated heterocycles. The van der Waals surface area contributed by atoms with Crippen molar-refractivity contribution < 1.29 is 19.7 Å². The molecule has 5 aromatic rings. The molecule has 0 heterocycles. The summed E-state index contributed by atoms with van der Waals surface area (Å²) in [7, 11) is 0. The molecule has 0 aromatic heterocycles. The summed E-state index contributed by atoms with van der Waals surface area (Å²) in [5, 5.41) is 22.9. The maximum atomic E-state index is 9.47. The Morgan fingerprint density at radius 1 is 0.595 bits per heavy atom. The number of fused-ring (bicyclic) bond motifs is 2. The van der Waals surface area contributed by atoms with Gasteiger partial charge >= 0.3 is 0 Å². The molecular weight excluding hydrogens is 528 g/mol. The molecule has 5 heteroatoms. The molecular formula is C32H25BrO4. The molecule has 5 rings (SSSR count). The zero-order valence-electron chi connectivity index (χ0n) is 20.1. The van der Waals surface area contributed by atoms with Gasteiger partial charge in [-0.1, -0.05) is 70.2 Å². The Hall–Kier alpha value is -3.82. The highest BCUT2D eigenvalue weighted by molar-refractivity contribution is 9.10. The number of benzene rings is 5. The van der Waals surface area contributed by atoms with Gasteiger partial charge in [0.25, 0.3) is 0 Å². The highest BCUT2D eigenvalue weighted by atomic mass is 79.9. The van der Waals surface area contributed by atoms with Gasteiger partial charge in [0.15, 0.2) is 0 Å². The lowest BCUT2D eigenvalue weighted by Crippen LogP contribution is -2.05. The van der Waals surface area contributed by atoms with Crippen LogP contribution in [-0.2, 0) is 0 Å². The fourth-order valence-electron chi connectivity index (χ4n) is 4.40. The minimum atomic E-state index is -0.0954. The molecule has 4 nitrogen and oxygen atoms in total. The number of aliphatic hydroxyl groups is 2. The monoisotopic (exact) mass is 552 g/mol. The minimum Gasteiger partial charge on any atom is -0.491 e. The molecule has 0 aliphatic carbocycles. The van der Waals surface area contributed by atoms with Crippen LogP contribution in [0.2, 0.25) is 0 Å². The first-order valence-electron chi connectivity index (χ1n) is 12.0. The van der Waals surface area contributed by atoms with Crippen LogP contribution in [0.4, 0.5) is 0 Å². The fraction of sp³-hybridized carbons (Fsp3) is 0.125. The molecule has 0 atom stereocenters. The van der Waals surface area contributed by atoms with Crippen molar-refractivity contribution in [3.8, 4) is 34.5 Å². The molecule has 5 aromatic carbocycles. The molecule has 0 radical (unpaired) electrons. The van der Waals surface area contributed by atoms with Crippen LogP contribution in [0.15, 0.2) is 95.5 Å². The van der Waals surface area contributed by atoms with Gasteiger partial charge in [-0.25, -0.2) is 0 Å². The van der Waals surface area contributed by atoms with Gasteiger partial charge in [-0.15, -0.1) is 0 Å². The lowest BCUT2D eigenvalue weighted by molar-refractivity contribution is 0.200. The number of rotatable bonds is 7. The standard InChI is InChI=1S/C32H25BrO4/c33-26-11-13-28-25(21-26)10-15-30(37-19-17-35)32(28)31-27-12-8-23(7-6-22-4-2-1-3-5-22)20-24(27)9-14-29(31)36-18-16-34/h1-5,8-15,20-21,34-35H,16-19H2. The van der Waals surface area contributed by atoms with Gasteiger partial charge in [-0.05, 0) is 70.1 Å². The van der Waals surface area contributed by atoms with Crippen molar-refractivity contribution in [1.29, 1.82) is 0 Å². The van der Waals surface area contributed by atoms with Crippen LogP contribution in [0.5, 0.6) is 11.5 Å². The number of aliphatic hydroxyl groups excluding tert-OH is 2. The first kappa shape index (κ1) is 24.9. The second-order valence-electron chi connectivity index (χ2n) is 8.44. The predicted octanol–water partition coefficient (Wildman–Crippen LogP) is 6.56. The average molecular weight is 553 g/mol. The van der Waals surface area contributed by atoms with Gasteiger partial charge < -0.3 is 19.7 Å². The van der Waals surface area contributed by atoms with Crippen LogP contribution in [0.3, 0.4) is 0 Å². The van der Waals surface area contributed by atoms with E-state index >= 15 is 0 Å². The third-order valence-corrected chi connectivity index (χ3v) is 6.49. The van der Waals surface area contributed by atoms with E-state index in [0.717, 1.165) is 48.3 Å². The minimum absolute atomic E-state index is 0.0926. The lowest BCUT2D eigenvalue weighted by atomic mass is 9.91. The normalized spacial score (nSPS) is 10.8. The number of hydrogen-bond donors (Lipinski definition) is 2. The summed E-state index contributed by atoms with van der Waals surface area (Å²) in [5.41, 5.74) is 3.61. The molecule has 184 valence electrons. The molecule has 0 aliphatic rings. The Balaban J connectivity index is 1.74. The molecule has 0 amide bonds. The van der Waals surface area contributed by atoms with Crippen molar-refractivity contribution in [1.82, 2.24) is 0 Å². The summed E-state index contributed by atoms with van der Waals surface area (Å²) in [5.74, 6) is 7.79. The Bertz CT molecular complexity index is 1620. The Morgan fingerprint density at radius 2 is 1.16 bits per heavy atom. The van der Waals surface area contributed by atoms with Crippen LogP contribution in [-0.4, -0.2) is 36.6 Å². The smallest absolute Gasteiger partial charge is 0.128 e. The van der Waals surface area contributed by atoms with Crippen LogP contribution in [0.25, 0.3) is 32.7 Å². The van der Waals surface area contributed by atoms with Gasteiger partial charge in [0, 0.05) is 26.7 Å². The molecule has 0 saturated carbocycles. The summed E-state index contributed by atoms with van der Waals surface area (Å²) in [6.45, 7) is 0.153. The summed E-state index contributed by atoms with van der Waals surface area (Å²) in [6.07, 6.45) is 0. The molecule has 37 heavy (non-hydrogen) atoms. The van der Waals surface area contributed by atoms with E-state index in [0.29, 0.717) is 11.5 Å². The zero-order valence-corrected chi connectivity index (χ0v) is 21.7. The topological polar surface area (TPSA) is 58.9 Å². The van der Waals surface area contributed by atoms with Gasteiger partial charge in [-0.3, -0.25) is 0 Å². The second-order valence-corrected chi connectivity index (χ2v) is 9.35. The van der Waals surface area contributed by atoms with Gasteiger partial charge in [-0.2, -0.15) is 0 Å². The predicted molar refractivity (Wildman–Crippen MR) is 152 cm³/mol. The second kappa shape index (κ2) is 11.5. The van der Waals surface area contributed by atoms with Crippen molar-refractivity contribution >= 4 is 37.5 Å². The third-order valence-electron chi connectivity index (χ3n) is 6.00. The quantitative estimate of drug-likeness (QED) is 0.224. The summed E-state index contributed by atoms with van der Waals surface area (Å²) in [4.78, 5) is 0. The van der Waals surface area contributed by atoms with Crippen molar-refractivity contribution in [3.05, 3.63) is 107 Å². The Labute approximate surface area is 224 Å². The van der Waals surface area contributed by atoms with Crippen LogP contribution in [0, 0.1) is 11.8 Å². The molecule has 2 N–H and O–H groups in total. The SMILES string of the molecule is OCCOc1ccc2cc(Br)ccc2c1-c1c(OCCO)ccc2cc(C#Cc3ccccc3)ccc12. The summed E-state index contributed by atoms with van der Waals surface area (Å²) in [6, 6.07) is 30.0. The maximum absolute atomic E-state index is 9.47. The first-order valence-corrected chi connectivity index (χ1v) is 12.8. The van der Waals surface area contributed by atoms with Gasteiger partial charge in [0.2, 0.25) is 0 Å². The van der Waals surface area contributed by atoms with E-state index in [1.807, 2.05) is 66.7 Å². The highest BCUT2D eigenvalue weighted by Crippen LogP contribution is 2.46. The summed E-state index contributed by atoms with van der Waals surface area (Å²) >= 11 is 3.57. The Kier molecular flexibility index (Phi) is 7.72. The van der Waals surface area contributed by atoms with Crippen molar-refractivity contribution in [2.45, 2.75) is 0 Å². The van der Waals surface area contributed by atoms with Crippen LogP contribution >= 0.6 is 15.9 Å². The van der Waals surface area contributed by atoms with E-state index in [2.05, 4.69) is 52.0 Å². The van der Waals surface area contributed by atoms with Crippen molar-refractivity contribution in [2.75, 3.05) is 26.4 Å². The zero-order chi connectivity index (χ0) is 25.6. The first-order chi connectivity index (χ1) is 18.2. The molecule has 0 spiro atoms. The van der Waals surface area contributed by atoms with Crippen molar-refractivity contribution in [3.63, 3.8) is 0 Å². The molecule has 0 fully saturated rings. The van der Waals surface area contributed by atoms with Gasteiger partial charge in [0.1, 0.15) is 24.7 Å². The molecule has 0 bridgehead atoms. The van der Waals surface area contributed by atoms with E-state index in [1.165, 1.54) is 0 Å². The van der Waals surface area contributed by atoms with Crippen molar-refractivity contribution in [2.24, 2.45) is 0 Å². The number of halogens is 1. The number of hydrogen-bond acceptors (Lipinski definition) is 4. The van der Waals surface area contributed by atoms with E-state index in [1.54, 1.807) is 0 Å². The van der Waals surface area contributed by atoms with Crippen LogP contribution < -0.4 is 9.47 Å². The number of ether oxygens (including phenoxy) is 2. The average Bonchev–Trinajstić information content (AvgIpc) is 2.93. The lowest BCUT2D eigenvalue weighted by Gasteiger charge is -2.19. The van der Waals surface area contributed by atoms with E-state index in [4.69, 9.17) is 9.47 Å². The Morgan fingerprint density at radius 3 is 1.78 bits per heavy atom. The fourth-order valence-corrected chi connectivity index (χ4v) is 4.78. The van der Waals surface area contributed by atoms with E-state index < -0.39 is 0 Å². The van der Waals surface area contributed by atoms with Crippen LogP contribution in [0.1, 0.15) is 11.1 Å². The third kappa shape index (κ3) is 5.47. The summed E-state index contributed by atoms with van der Waals surface area (Å²) < 4.78 is 13.0.